The van der Waals surface area contributed by atoms with Crippen LogP contribution >= 0.6 is 0 Å². The van der Waals surface area contributed by atoms with E-state index in [9.17, 15) is 10.1 Å². The molecule has 0 saturated carbocycles. The van der Waals surface area contributed by atoms with Crippen molar-refractivity contribution in [1.82, 2.24) is 0 Å². The minimum atomic E-state index is -0.355. The predicted octanol–water partition coefficient (Wildman–Crippen LogP) is 5.08. The molecule has 0 heterocycles. The molecule has 137 valence electrons. The number of benzene rings is 2. The Morgan fingerprint density at radius 1 is 0.885 bits per heavy atom. The fourth-order valence-corrected chi connectivity index (χ4v) is 2.93. The van der Waals surface area contributed by atoms with E-state index in [0.717, 1.165) is 37.9 Å². The standard InChI is InChI=1S/C20H24NO4Si/c22-21(23)20-16-18(12-13-19(20)17-10-6-5-7-11-17)24-14-8-3-1-2-4-9-15-25-26/h5-7,10-13,16H,1-4,8-9,14-15H2. The molecule has 0 aromatic heterocycles. The molecule has 0 spiro atoms. The van der Waals surface area contributed by atoms with Gasteiger partial charge < -0.3 is 9.16 Å². The van der Waals surface area contributed by atoms with Crippen LogP contribution in [-0.4, -0.2) is 28.6 Å². The Bertz CT molecular complexity index is 679. The van der Waals surface area contributed by atoms with Crippen molar-refractivity contribution in [1.29, 1.82) is 0 Å². The summed E-state index contributed by atoms with van der Waals surface area (Å²) in [6.07, 6.45) is 6.63. The first kappa shape index (κ1) is 20.1. The summed E-state index contributed by atoms with van der Waals surface area (Å²) in [6, 6.07) is 14.4. The van der Waals surface area contributed by atoms with Gasteiger partial charge in [0.25, 0.3) is 5.69 Å². The van der Waals surface area contributed by atoms with Gasteiger partial charge in [0.1, 0.15) is 5.75 Å². The number of ether oxygens (including phenoxy) is 1. The van der Waals surface area contributed by atoms with E-state index in [1.807, 2.05) is 30.3 Å². The highest BCUT2D eigenvalue weighted by Gasteiger charge is 2.16. The van der Waals surface area contributed by atoms with Crippen LogP contribution in [0.2, 0.25) is 0 Å². The molecule has 0 fully saturated rings. The molecule has 0 aliphatic heterocycles. The van der Waals surface area contributed by atoms with E-state index in [-0.39, 0.29) is 10.6 Å². The van der Waals surface area contributed by atoms with Crippen molar-refractivity contribution < 1.29 is 14.1 Å². The number of nitro groups is 1. The highest BCUT2D eigenvalue weighted by molar-refractivity contribution is 5.97. The maximum absolute atomic E-state index is 11.4. The molecule has 0 aliphatic rings. The van der Waals surface area contributed by atoms with Gasteiger partial charge in [0.2, 0.25) is 10.5 Å². The molecule has 3 radical (unpaired) electrons. The van der Waals surface area contributed by atoms with Gasteiger partial charge in [-0.15, -0.1) is 0 Å². The van der Waals surface area contributed by atoms with Gasteiger partial charge in [0, 0.05) is 6.61 Å². The molecule has 26 heavy (non-hydrogen) atoms. The molecule has 0 atom stereocenters. The van der Waals surface area contributed by atoms with Crippen molar-refractivity contribution >= 4 is 16.2 Å². The lowest BCUT2D eigenvalue weighted by Gasteiger charge is -2.08. The molecule has 0 aliphatic carbocycles. The molecular weight excluding hydrogens is 346 g/mol. The molecule has 0 saturated heterocycles. The summed E-state index contributed by atoms with van der Waals surface area (Å²) >= 11 is 0. The van der Waals surface area contributed by atoms with Crippen molar-refractivity contribution in [2.45, 2.75) is 38.5 Å². The van der Waals surface area contributed by atoms with Crippen molar-refractivity contribution in [3.05, 3.63) is 58.6 Å². The smallest absolute Gasteiger partial charge is 0.280 e. The molecular formula is C20H24NO4Si. The summed E-state index contributed by atoms with van der Waals surface area (Å²) in [6.45, 7) is 1.32. The number of nitrogens with zero attached hydrogens (tertiary/aromatic N) is 1. The molecule has 0 amide bonds. The van der Waals surface area contributed by atoms with Crippen LogP contribution in [0.5, 0.6) is 5.75 Å². The van der Waals surface area contributed by atoms with E-state index in [1.165, 1.54) is 18.9 Å². The Morgan fingerprint density at radius 3 is 2.19 bits per heavy atom. The first-order valence-corrected chi connectivity index (χ1v) is 9.38. The van der Waals surface area contributed by atoms with E-state index in [2.05, 4.69) is 10.5 Å². The van der Waals surface area contributed by atoms with Crippen LogP contribution < -0.4 is 4.74 Å². The zero-order valence-electron chi connectivity index (χ0n) is 14.9. The van der Waals surface area contributed by atoms with E-state index in [4.69, 9.17) is 9.16 Å². The first-order chi connectivity index (χ1) is 12.7. The Hall–Kier alpha value is -2.18. The van der Waals surface area contributed by atoms with Gasteiger partial charge in [0.05, 0.1) is 23.2 Å². The lowest BCUT2D eigenvalue weighted by molar-refractivity contribution is -0.384. The average Bonchev–Trinajstić information content (AvgIpc) is 2.67. The number of rotatable bonds is 12. The van der Waals surface area contributed by atoms with Gasteiger partial charge >= 0.3 is 0 Å². The fourth-order valence-electron chi connectivity index (χ4n) is 2.79. The van der Waals surface area contributed by atoms with Crippen LogP contribution in [0, 0.1) is 10.1 Å². The third-order valence-corrected chi connectivity index (χ3v) is 4.36. The van der Waals surface area contributed by atoms with Crippen LogP contribution in [0.1, 0.15) is 38.5 Å². The van der Waals surface area contributed by atoms with Crippen molar-refractivity contribution in [2.75, 3.05) is 13.2 Å². The lowest BCUT2D eigenvalue weighted by atomic mass is 10.0. The summed E-state index contributed by atoms with van der Waals surface area (Å²) in [5.74, 6) is 0.547. The zero-order chi connectivity index (χ0) is 18.6. The van der Waals surface area contributed by atoms with Crippen LogP contribution in [0.15, 0.2) is 48.5 Å². The van der Waals surface area contributed by atoms with Crippen LogP contribution in [0.3, 0.4) is 0 Å². The SMILES string of the molecule is O=[N+]([O-])c1cc(OCCCCCCCCO[Si])ccc1-c1ccccc1. The van der Waals surface area contributed by atoms with E-state index < -0.39 is 0 Å². The van der Waals surface area contributed by atoms with Gasteiger partial charge in [0.15, 0.2) is 0 Å². The van der Waals surface area contributed by atoms with E-state index in [0.29, 0.717) is 17.9 Å². The molecule has 0 bridgehead atoms. The molecule has 2 aromatic rings. The zero-order valence-corrected chi connectivity index (χ0v) is 15.9. The highest BCUT2D eigenvalue weighted by Crippen LogP contribution is 2.33. The van der Waals surface area contributed by atoms with Gasteiger partial charge in [-0.1, -0.05) is 56.0 Å². The number of hydrogen-bond donors (Lipinski definition) is 0. The number of nitro benzene ring substituents is 1. The third-order valence-electron chi connectivity index (χ3n) is 4.16. The van der Waals surface area contributed by atoms with Crippen molar-refractivity contribution in [3.63, 3.8) is 0 Å². The molecule has 2 aromatic carbocycles. The lowest BCUT2D eigenvalue weighted by Crippen LogP contribution is -1.99. The summed E-state index contributed by atoms with van der Waals surface area (Å²) < 4.78 is 10.5. The minimum absolute atomic E-state index is 0.0718. The second-order valence-electron chi connectivity index (χ2n) is 6.12. The molecule has 0 N–H and O–H groups in total. The van der Waals surface area contributed by atoms with Gasteiger partial charge in [-0.3, -0.25) is 10.1 Å². The maximum Gasteiger partial charge on any atom is 0.280 e. The van der Waals surface area contributed by atoms with Crippen LogP contribution in [-0.2, 0) is 4.43 Å². The Balaban J connectivity index is 1.82. The first-order valence-electron chi connectivity index (χ1n) is 8.97. The third kappa shape index (κ3) is 6.61. The second kappa shape index (κ2) is 11.4. The summed E-state index contributed by atoms with van der Waals surface area (Å²) in [7, 11) is 2.99. The number of hydrogen-bond acceptors (Lipinski definition) is 4. The van der Waals surface area contributed by atoms with Crippen molar-refractivity contribution in [2.24, 2.45) is 0 Å². The second-order valence-corrected chi connectivity index (χ2v) is 6.41. The quantitative estimate of drug-likeness (QED) is 0.226. The Morgan fingerprint density at radius 2 is 1.54 bits per heavy atom. The molecule has 0 unspecified atom stereocenters. The van der Waals surface area contributed by atoms with E-state index >= 15 is 0 Å². The predicted molar refractivity (Wildman–Crippen MR) is 103 cm³/mol. The molecule has 6 heteroatoms. The average molecular weight is 371 g/mol. The van der Waals surface area contributed by atoms with Gasteiger partial charge in [-0.25, -0.2) is 0 Å². The van der Waals surface area contributed by atoms with Gasteiger partial charge in [-0.2, -0.15) is 0 Å². The Labute approximate surface area is 158 Å². The monoisotopic (exact) mass is 370 g/mol. The fraction of sp³-hybridized carbons (Fsp3) is 0.400. The summed E-state index contributed by atoms with van der Waals surface area (Å²) in [5, 5.41) is 11.4. The number of unbranched alkanes of at least 4 members (excludes halogenated alkanes) is 5. The normalized spacial score (nSPS) is 10.7. The maximum atomic E-state index is 11.4. The topological polar surface area (TPSA) is 61.6 Å². The van der Waals surface area contributed by atoms with Crippen molar-refractivity contribution in [3.8, 4) is 16.9 Å². The van der Waals surface area contributed by atoms with E-state index in [1.54, 1.807) is 12.1 Å². The molecule has 5 nitrogen and oxygen atoms in total. The summed E-state index contributed by atoms with van der Waals surface area (Å²) in [4.78, 5) is 11.1. The van der Waals surface area contributed by atoms with Crippen LogP contribution in [0.4, 0.5) is 5.69 Å². The van der Waals surface area contributed by atoms with Crippen LogP contribution in [0.25, 0.3) is 11.1 Å². The summed E-state index contributed by atoms with van der Waals surface area (Å²) in [5.41, 5.74) is 1.51. The highest BCUT2D eigenvalue weighted by atomic mass is 28.2. The minimum Gasteiger partial charge on any atom is -0.493 e. The van der Waals surface area contributed by atoms with Gasteiger partial charge in [-0.05, 0) is 30.5 Å². The molecule has 2 rings (SSSR count). The largest absolute Gasteiger partial charge is 0.493 e. The Kier molecular flexibility index (Phi) is 8.86.